The highest BCUT2D eigenvalue weighted by Crippen LogP contribution is 2.34. The molecule has 1 aromatic carbocycles. The summed E-state index contributed by atoms with van der Waals surface area (Å²) in [6.07, 6.45) is -1.26. The molecule has 6 heteroatoms. The summed E-state index contributed by atoms with van der Waals surface area (Å²) < 4.78 is 38.7. The molecule has 1 saturated heterocycles. The molecular weight excluding hydrogens is 279 g/mol. The van der Waals surface area contributed by atoms with Gasteiger partial charge in [-0.2, -0.15) is 13.2 Å². The van der Waals surface area contributed by atoms with Crippen LogP contribution in [0.25, 0.3) is 0 Å². The second kappa shape index (κ2) is 5.95. The molecule has 0 amide bonds. The lowest BCUT2D eigenvalue weighted by atomic mass is 9.94. The molecule has 0 spiro atoms. The quantitative estimate of drug-likeness (QED) is 0.661. The van der Waals surface area contributed by atoms with E-state index in [-0.39, 0.29) is 5.56 Å². The van der Waals surface area contributed by atoms with Crippen molar-refractivity contribution in [2.75, 3.05) is 18.0 Å². The van der Waals surface area contributed by atoms with Gasteiger partial charge in [-0.25, -0.2) is 0 Å². The molecule has 1 aliphatic heterocycles. The molecule has 0 atom stereocenters. The number of hydrogen-bond donors (Lipinski definition) is 2. The first-order valence-corrected chi connectivity index (χ1v) is 7.13. The Labute approximate surface area is 122 Å². The Morgan fingerprint density at radius 3 is 2.43 bits per heavy atom. The maximum atomic E-state index is 12.9. The Hall–Kier alpha value is -1.72. The normalized spacial score (nSPS) is 17.0. The average Bonchev–Trinajstić information content (AvgIpc) is 2.45. The lowest BCUT2D eigenvalue weighted by Crippen LogP contribution is -2.33. The SMILES string of the molecule is CCC1CCN(c2ccc(C(F)(F)F)c(C(=N)N)c2)CC1. The molecule has 116 valence electrons. The number of benzene rings is 1. The molecule has 1 fully saturated rings. The Morgan fingerprint density at radius 1 is 1.33 bits per heavy atom. The number of rotatable bonds is 3. The van der Waals surface area contributed by atoms with Crippen molar-refractivity contribution in [3.63, 3.8) is 0 Å². The monoisotopic (exact) mass is 299 g/mol. The number of nitrogens with zero attached hydrogens (tertiary/aromatic N) is 1. The second-order valence-corrected chi connectivity index (χ2v) is 5.48. The van der Waals surface area contributed by atoms with Crippen LogP contribution in [-0.2, 0) is 6.18 Å². The van der Waals surface area contributed by atoms with Crippen LogP contribution in [0.2, 0.25) is 0 Å². The Morgan fingerprint density at radius 2 is 1.95 bits per heavy atom. The number of hydrogen-bond acceptors (Lipinski definition) is 2. The van der Waals surface area contributed by atoms with Crippen molar-refractivity contribution in [2.24, 2.45) is 11.7 Å². The molecule has 1 aromatic rings. The molecule has 0 saturated carbocycles. The maximum absolute atomic E-state index is 12.9. The first-order chi connectivity index (χ1) is 9.82. The Balaban J connectivity index is 2.27. The number of amidine groups is 1. The van der Waals surface area contributed by atoms with Gasteiger partial charge in [-0.3, -0.25) is 5.41 Å². The number of anilines is 1. The van der Waals surface area contributed by atoms with Gasteiger partial charge in [0, 0.05) is 24.3 Å². The first-order valence-electron chi connectivity index (χ1n) is 7.13. The number of nitrogens with one attached hydrogen (secondary N) is 1. The third kappa shape index (κ3) is 3.49. The molecule has 21 heavy (non-hydrogen) atoms. The standard InChI is InChI=1S/C15H20F3N3/c1-2-10-5-7-21(8-6-10)11-3-4-13(15(16,17)18)12(9-11)14(19)20/h3-4,9-10H,2,5-8H2,1H3,(H3,19,20). The molecule has 1 heterocycles. The predicted octanol–water partition coefficient (Wildman–Crippen LogP) is 3.62. The molecule has 1 aliphatic rings. The zero-order valence-corrected chi connectivity index (χ0v) is 12.0. The van der Waals surface area contributed by atoms with E-state index in [0.717, 1.165) is 38.4 Å². The van der Waals surface area contributed by atoms with Gasteiger partial charge in [-0.15, -0.1) is 0 Å². The summed E-state index contributed by atoms with van der Waals surface area (Å²) in [7, 11) is 0. The minimum absolute atomic E-state index is 0.238. The Kier molecular flexibility index (Phi) is 4.44. The average molecular weight is 299 g/mol. The third-order valence-electron chi connectivity index (χ3n) is 4.16. The molecule has 2 rings (SSSR count). The van der Waals surface area contributed by atoms with E-state index in [1.54, 1.807) is 0 Å². The van der Waals surface area contributed by atoms with Crippen molar-refractivity contribution in [1.29, 1.82) is 5.41 Å². The molecule has 0 radical (unpaired) electrons. The summed E-state index contributed by atoms with van der Waals surface area (Å²) in [5, 5.41) is 7.39. The van der Waals surface area contributed by atoms with E-state index >= 15 is 0 Å². The lowest BCUT2D eigenvalue weighted by molar-refractivity contribution is -0.137. The van der Waals surface area contributed by atoms with E-state index < -0.39 is 17.6 Å². The van der Waals surface area contributed by atoms with Crippen molar-refractivity contribution >= 4 is 11.5 Å². The zero-order chi connectivity index (χ0) is 15.6. The van der Waals surface area contributed by atoms with E-state index in [1.807, 2.05) is 0 Å². The highest BCUT2D eigenvalue weighted by molar-refractivity contribution is 5.97. The first kappa shape index (κ1) is 15.7. The van der Waals surface area contributed by atoms with Crippen LogP contribution in [0.3, 0.4) is 0 Å². The summed E-state index contributed by atoms with van der Waals surface area (Å²) in [6, 6.07) is 3.89. The van der Waals surface area contributed by atoms with Gasteiger partial charge >= 0.3 is 6.18 Å². The summed E-state index contributed by atoms with van der Waals surface area (Å²) in [5.41, 5.74) is 4.95. The van der Waals surface area contributed by atoms with Gasteiger partial charge in [0.1, 0.15) is 5.84 Å². The predicted molar refractivity (Wildman–Crippen MR) is 77.7 cm³/mol. The number of halogens is 3. The van der Waals surface area contributed by atoms with Crippen LogP contribution in [0.5, 0.6) is 0 Å². The minimum Gasteiger partial charge on any atom is -0.384 e. The fourth-order valence-electron chi connectivity index (χ4n) is 2.80. The minimum atomic E-state index is -4.49. The molecule has 3 nitrogen and oxygen atoms in total. The zero-order valence-electron chi connectivity index (χ0n) is 12.0. The summed E-state index contributed by atoms with van der Waals surface area (Å²) in [6.45, 7) is 3.83. The van der Waals surface area contributed by atoms with Crippen molar-refractivity contribution in [1.82, 2.24) is 0 Å². The fourth-order valence-corrected chi connectivity index (χ4v) is 2.80. The van der Waals surface area contributed by atoms with Gasteiger partial charge in [0.15, 0.2) is 0 Å². The molecule has 0 aromatic heterocycles. The highest BCUT2D eigenvalue weighted by atomic mass is 19.4. The molecule has 0 bridgehead atoms. The maximum Gasteiger partial charge on any atom is 0.417 e. The van der Waals surface area contributed by atoms with Crippen LogP contribution < -0.4 is 10.6 Å². The molecule has 0 aliphatic carbocycles. The van der Waals surface area contributed by atoms with Crippen molar-refractivity contribution in [3.05, 3.63) is 29.3 Å². The van der Waals surface area contributed by atoms with Crippen LogP contribution in [0.4, 0.5) is 18.9 Å². The van der Waals surface area contributed by atoms with Crippen molar-refractivity contribution < 1.29 is 13.2 Å². The van der Waals surface area contributed by atoms with Gasteiger partial charge in [-0.05, 0) is 37.0 Å². The van der Waals surface area contributed by atoms with Gasteiger partial charge in [0.25, 0.3) is 0 Å². The van der Waals surface area contributed by atoms with Crippen LogP contribution in [-0.4, -0.2) is 18.9 Å². The van der Waals surface area contributed by atoms with E-state index in [2.05, 4.69) is 11.8 Å². The molecule has 3 N–H and O–H groups in total. The lowest BCUT2D eigenvalue weighted by Gasteiger charge is -2.33. The topological polar surface area (TPSA) is 53.1 Å². The van der Waals surface area contributed by atoms with Crippen LogP contribution in [0.15, 0.2) is 18.2 Å². The van der Waals surface area contributed by atoms with E-state index in [0.29, 0.717) is 11.6 Å². The van der Waals surface area contributed by atoms with Crippen LogP contribution in [0.1, 0.15) is 37.3 Å². The number of nitrogens with two attached hydrogens (primary N) is 1. The van der Waals surface area contributed by atoms with E-state index in [1.165, 1.54) is 12.1 Å². The van der Waals surface area contributed by atoms with E-state index in [4.69, 9.17) is 11.1 Å². The third-order valence-corrected chi connectivity index (χ3v) is 4.16. The van der Waals surface area contributed by atoms with Gasteiger partial charge in [-0.1, -0.05) is 13.3 Å². The highest BCUT2D eigenvalue weighted by Gasteiger charge is 2.34. The van der Waals surface area contributed by atoms with Gasteiger partial charge in [0.05, 0.1) is 5.56 Å². The number of alkyl halides is 3. The fraction of sp³-hybridized carbons (Fsp3) is 0.533. The van der Waals surface area contributed by atoms with Gasteiger partial charge < -0.3 is 10.6 Å². The van der Waals surface area contributed by atoms with Crippen LogP contribution >= 0.6 is 0 Å². The Bertz CT molecular complexity index is 517. The van der Waals surface area contributed by atoms with Crippen LogP contribution in [0, 0.1) is 11.3 Å². The second-order valence-electron chi connectivity index (χ2n) is 5.48. The molecular formula is C15H20F3N3. The van der Waals surface area contributed by atoms with E-state index in [9.17, 15) is 13.2 Å². The largest absolute Gasteiger partial charge is 0.417 e. The molecule has 0 unspecified atom stereocenters. The summed E-state index contributed by atoms with van der Waals surface area (Å²) >= 11 is 0. The van der Waals surface area contributed by atoms with Gasteiger partial charge in [0.2, 0.25) is 0 Å². The smallest absolute Gasteiger partial charge is 0.384 e. The summed E-state index contributed by atoms with van der Waals surface area (Å²) in [5.74, 6) is 0.149. The summed E-state index contributed by atoms with van der Waals surface area (Å²) in [4.78, 5) is 2.07. The number of piperidine rings is 1. The van der Waals surface area contributed by atoms with Crippen molar-refractivity contribution in [2.45, 2.75) is 32.4 Å². The van der Waals surface area contributed by atoms with Crippen molar-refractivity contribution in [3.8, 4) is 0 Å². The number of nitrogen functional groups attached to an aromatic ring is 1.